The maximum Gasteiger partial charge on any atom is 0.412 e. The number of hydrogen-bond donors (Lipinski definition) is 2. The van der Waals surface area contributed by atoms with E-state index in [9.17, 15) is 14.7 Å². The van der Waals surface area contributed by atoms with E-state index in [0.717, 1.165) is 19.3 Å². The Balaban J connectivity index is 1.74. The zero-order valence-electron chi connectivity index (χ0n) is 19.0. The highest BCUT2D eigenvalue weighted by atomic mass is 16.5. The zero-order chi connectivity index (χ0) is 23.3. The maximum absolute atomic E-state index is 12.1. The van der Waals surface area contributed by atoms with Gasteiger partial charge in [-0.1, -0.05) is 25.5 Å². The van der Waals surface area contributed by atoms with Crippen LogP contribution in [0.5, 0.6) is 5.75 Å². The summed E-state index contributed by atoms with van der Waals surface area (Å²) in [7, 11) is 1.67. The van der Waals surface area contributed by atoms with Gasteiger partial charge in [0.1, 0.15) is 5.75 Å². The fraction of sp³-hybridized carbons (Fsp3) is 0.591. The van der Waals surface area contributed by atoms with E-state index in [2.05, 4.69) is 20.6 Å². The molecule has 3 rings (SSSR count). The highest BCUT2D eigenvalue weighted by Crippen LogP contribution is 2.30. The molecule has 0 saturated heterocycles. The lowest BCUT2D eigenvalue weighted by molar-refractivity contribution is -0.142. The number of aryl methyl sites for hydroxylation is 2. The third kappa shape index (κ3) is 5.95. The summed E-state index contributed by atoms with van der Waals surface area (Å²) in [5.41, 5.74) is 1.60. The molecule has 0 aliphatic heterocycles. The van der Waals surface area contributed by atoms with Gasteiger partial charge in [0, 0.05) is 7.05 Å². The second-order valence-electron chi connectivity index (χ2n) is 8.60. The number of ether oxygens (including phenoxy) is 2. The molecule has 0 spiro atoms. The van der Waals surface area contributed by atoms with Crippen molar-refractivity contribution in [3.63, 3.8) is 0 Å². The van der Waals surface area contributed by atoms with Crippen molar-refractivity contribution in [1.29, 1.82) is 0 Å². The van der Waals surface area contributed by atoms with Crippen molar-refractivity contribution in [2.45, 2.75) is 59.0 Å². The molecule has 2 N–H and O–H groups in total. The molecule has 10 nitrogen and oxygen atoms in total. The van der Waals surface area contributed by atoms with Crippen LogP contribution in [0.15, 0.2) is 12.1 Å². The molecule has 2 aromatic rings. The number of hydrogen-bond acceptors (Lipinski definition) is 7. The van der Waals surface area contributed by atoms with Crippen LogP contribution in [0.25, 0.3) is 11.4 Å². The minimum Gasteiger partial charge on any atom is -0.489 e. The van der Waals surface area contributed by atoms with Gasteiger partial charge in [-0.2, -0.15) is 0 Å². The number of carboxylic acid groups (broad SMARTS) is 1. The highest BCUT2D eigenvalue weighted by molar-refractivity contribution is 5.88. The lowest BCUT2D eigenvalue weighted by Crippen LogP contribution is -2.23. The number of nitrogens with zero attached hydrogens (tertiary/aromatic N) is 4. The van der Waals surface area contributed by atoms with Crippen LogP contribution in [0.4, 0.5) is 10.6 Å². The zero-order valence-corrected chi connectivity index (χ0v) is 19.0. The van der Waals surface area contributed by atoms with Crippen molar-refractivity contribution in [3.8, 4) is 17.1 Å². The standard InChI is InChI=1S/C22H31N5O5/c1-13(2)12-31-22(30)24-20-19(25-26-27(20)4)17-9-10-18(14(3)23-17)32-16-8-6-5-7-15(11-16)21(28)29/h9-10,13,15-16H,5-8,11-12H2,1-4H3,(H,24,30)(H,28,29). The van der Waals surface area contributed by atoms with Crippen molar-refractivity contribution < 1.29 is 24.2 Å². The summed E-state index contributed by atoms with van der Waals surface area (Å²) in [6.45, 7) is 6.04. The number of nitrogens with one attached hydrogen (secondary N) is 1. The Bertz CT molecular complexity index is 958. The van der Waals surface area contributed by atoms with Gasteiger partial charge in [0.15, 0.2) is 11.5 Å². The van der Waals surface area contributed by atoms with Crippen LogP contribution in [0.1, 0.15) is 51.6 Å². The smallest absolute Gasteiger partial charge is 0.412 e. The number of aromatic nitrogens is 4. The van der Waals surface area contributed by atoms with Gasteiger partial charge >= 0.3 is 12.1 Å². The van der Waals surface area contributed by atoms with E-state index in [0.29, 0.717) is 48.1 Å². The molecular weight excluding hydrogens is 414 g/mol. The molecule has 1 amide bonds. The van der Waals surface area contributed by atoms with Crippen LogP contribution in [-0.4, -0.2) is 49.9 Å². The average Bonchev–Trinajstić information content (AvgIpc) is 2.94. The fourth-order valence-electron chi connectivity index (χ4n) is 3.68. The van der Waals surface area contributed by atoms with Gasteiger partial charge in [0.25, 0.3) is 0 Å². The van der Waals surface area contributed by atoms with E-state index in [1.165, 1.54) is 4.68 Å². The molecule has 0 aromatic carbocycles. The van der Waals surface area contributed by atoms with E-state index in [4.69, 9.17) is 9.47 Å². The molecule has 2 heterocycles. The molecule has 2 aromatic heterocycles. The van der Waals surface area contributed by atoms with Crippen molar-refractivity contribution in [3.05, 3.63) is 17.8 Å². The molecule has 1 saturated carbocycles. The van der Waals surface area contributed by atoms with Crippen LogP contribution >= 0.6 is 0 Å². The van der Waals surface area contributed by atoms with Gasteiger partial charge in [0.05, 0.1) is 30.0 Å². The summed E-state index contributed by atoms with van der Waals surface area (Å²) < 4.78 is 12.8. The predicted octanol–water partition coefficient (Wildman–Crippen LogP) is 3.80. The summed E-state index contributed by atoms with van der Waals surface area (Å²) in [6, 6.07) is 3.55. The minimum atomic E-state index is -0.764. The van der Waals surface area contributed by atoms with E-state index in [1.807, 2.05) is 20.8 Å². The Morgan fingerprint density at radius 3 is 2.72 bits per heavy atom. The lowest BCUT2D eigenvalue weighted by Gasteiger charge is -2.20. The summed E-state index contributed by atoms with van der Waals surface area (Å²) in [5, 5.41) is 20.2. The monoisotopic (exact) mass is 445 g/mol. The second-order valence-corrected chi connectivity index (χ2v) is 8.60. The summed E-state index contributed by atoms with van der Waals surface area (Å²) >= 11 is 0. The first kappa shape index (κ1) is 23.5. The van der Waals surface area contributed by atoms with E-state index in [-0.39, 0.29) is 17.9 Å². The molecule has 1 aliphatic carbocycles. The predicted molar refractivity (Wildman–Crippen MR) is 117 cm³/mol. The van der Waals surface area contributed by atoms with Crippen molar-refractivity contribution >= 4 is 17.9 Å². The Morgan fingerprint density at radius 1 is 1.28 bits per heavy atom. The van der Waals surface area contributed by atoms with Crippen LogP contribution < -0.4 is 10.1 Å². The van der Waals surface area contributed by atoms with Gasteiger partial charge in [0.2, 0.25) is 0 Å². The SMILES string of the molecule is Cc1nc(-c2nnn(C)c2NC(=O)OCC(C)C)ccc1OC1CCCCC(C(=O)O)C1. The van der Waals surface area contributed by atoms with Gasteiger partial charge in [-0.25, -0.2) is 14.5 Å². The Hall–Kier alpha value is -3.17. The highest BCUT2D eigenvalue weighted by Gasteiger charge is 2.27. The Labute approximate surface area is 187 Å². The first-order valence-electron chi connectivity index (χ1n) is 11.0. The topological polar surface area (TPSA) is 128 Å². The van der Waals surface area contributed by atoms with Gasteiger partial charge in [-0.05, 0) is 50.7 Å². The molecular formula is C22H31N5O5. The van der Waals surface area contributed by atoms with Crippen LogP contribution in [0, 0.1) is 18.8 Å². The molecule has 0 radical (unpaired) electrons. The Morgan fingerprint density at radius 2 is 2.03 bits per heavy atom. The first-order chi connectivity index (χ1) is 15.2. The van der Waals surface area contributed by atoms with Crippen molar-refractivity contribution in [2.75, 3.05) is 11.9 Å². The second kappa shape index (κ2) is 10.4. The molecule has 1 fully saturated rings. The van der Waals surface area contributed by atoms with Crippen molar-refractivity contribution in [2.24, 2.45) is 18.9 Å². The fourth-order valence-corrected chi connectivity index (χ4v) is 3.68. The molecule has 32 heavy (non-hydrogen) atoms. The molecule has 2 atom stereocenters. The number of pyridine rings is 1. The normalized spacial score (nSPS) is 18.8. The van der Waals surface area contributed by atoms with E-state index in [1.54, 1.807) is 19.2 Å². The molecule has 1 aliphatic rings. The lowest BCUT2D eigenvalue weighted by atomic mass is 9.99. The number of aliphatic carboxylic acids is 1. The van der Waals surface area contributed by atoms with E-state index >= 15 is 0 Å². The molecule has 174 valence electrons. The number of amides is 1. The first-order valence-corrected chi connectivity index (χ1v) is 11.0. The van der Waals surface area contributed by atoms with Gasteiger partial charge < -0.3 is 14.6 Å². The molecule has 2 unspecified atom stereocenters. The number of carbonyl (C=O) groups excluding carboxylic acids is 1. The van der Waals surface area contributed by atoms with Gasteiger partial charge in [-0.3, -0.25) is 10.1 Å². The number of anilines is 1. The van der Waals surface area contributed by atoms with Crippen LogP contribution in [0.2, 0.25) is 0 Å². The summed E-state index contributed by atoms with van der Waals surface area (Å²) in [4.78, 5) is 28.1. The summed E-state index contributed by atoms with van der Waals surface area (Å²) in [6.07, 6.45) is 3.11. The third-order valence-electron chi connectivity index (χ3n) is 5.39. The summed E-state index contributed by atoms with van der Waals surface area (Å²) in [5.74, 6) is 0.0759. The quantitative estimate of drug-likeness (QED) is 0.616. The van der Waals surface area contributed by atoms with Crippen LogP contribution in [-0.2, 0) is 16.6 Å². The van der Waals surface area contributed by atoms with Gasteiger partial charge in [-0.15, -0.1) is 5.10 Å². The number of carboxylic acids is 1. The third-order valence-corrected chi connectivity index (χ3v) is 5.39. The molecule has 10 heteroatoms. The number of carbonyl (C=O) groups is 2. The minimum absolute atomic E-state index is 0.158. The van der Waals surface area contributed by atoms with Crippen LogP contribution in [0.3, 0.4) is 0 Å². The van der Waals surface area contributed by atoms with E-state index < -0.39 is 12.1 Å². The van der Waals surface area contributed by atoms with Crippen molar-refractivity contribution in [1.82, 2.24) is 20.0 Å². The largest absolute Gasteiger partial charge is 0.489 e. The average molecular weight is 446 g/mol. The Kier molecular flexibility index (Phi) is 7.66. The molecule has 0 bridgehead atoms. The maximum atomic E-state index is 12.1. The number of rotatable bonds is 7.